The van der Waals surface area contributed by atoms with Gasteiger partial charge in [0, 0.05) is 11.0 Å². The van der Waals surface area contributed by atoms with Crippen LogP contribution in [0.4, 0.5) is 10.1 Å². The molecule has 0 aromatic heterocycles. The van der Waals surface area contributed by atoms with E-state index in [2.05, 4.69) is 33.1 Å². The van der Waals surface area contributed by atoms with Crippen molar-refractivity contribution in [1.82, 2.24) is 4.90 Å². The van der Waals surface area contributed by atoms with Gasteiger partial charge in [0.1, 0.15) is 12.4 Å². The normalized spacial score (nSPS) is 15.7. The predicted octanol–water partition coefficient (Wildman–Crippen LogP) is 7.50. The summed E-state index contributed by atoms with van der Waals surface area (Å²) in [5.41, 5.74) is 3.63. The number of halogens is 2. The zero-order valence-electron chi connectivity index (χ0n) is 20.3. The number of amides is 1. The van der Waals surface area contributed by atoms with E-state index in [1.165, 1.54) is 29.5 Å². The van der Waals surface area contributed by atoms with Gasteiger partial charge in [-0.25, -0.2) is 9.38 Å². The molecule has 0 spiro atoms. The second kappa shape index (κ2) is 11.8. The number of carbonyl (C=O) groups excluding carboxylic acids is 1. The summed E-state index contributed by atoms with van der Waals surface area (Å²) in [7, 11) is 0. The molecule has 0 unspecified atom stereocenters. The lowest BCUT2D eigenvalue weighted by Crippen LogP contribution is -2.28. The highest BCUT2D eigenvalue weighted by Gasteiger charge is 2.32. The molecule has 5 nitrogen and oxygen atoms in total. The molecule has 0 N–H and O–H groups in total. The van der Waals surface area contributed by atoms with E-state index in [1.807, 2.05) is 51.1 Å². The molecule has 0 bridgehead atoms. The maximum atomic E-state index is 13.3. The van der Waals surface area contributed by atoms with Crippen molar-refractivity contribution in [2.75, 3.05) is 13.2 Å². The van der Waals surface area contributed by atoms with E-state index in [4.69, 9.17) is 9.47 Å². The van der Waals surface area contributed by atoms with E-state index < -0.39 is 0 Å². The quantitative estimate of drug-likeness (QED) is 0.264. The summed E-state index contributed by atoms with van der Waals surface area (Å²) in [6.45, 7) is 7.22. The number of hydrogen-bond donors (Lipinski definition) is 0. The first-order valence-electron chi connectivity index (χ1n) is 11.6. The summed E-state index contributed by atoms with van der Waals surface area (Å²) < 4.78 is 26.0. The smallest absolute Gasteiger partial charge is 0.266 e. The van der Waals surface area contributed by atoms with E-state index in [0.717, 1.165) is 15.6 Å². The third kappa shape index (κ3) is 6.17. The Kier molecular flexibility index (Phi) is 8.48. The van der Waals surface area contributed by atoms with Crippen LogP contribution < -0.4 is 9.47 Å². The Balaban J connectivity index is 1.60. The zero-order valence-corrected chi connectivity index (χ0v) is 22.7. The van der Waals surface area contributed by atoms with Gasteiger partial charge in [0.05, 0.1) is 17.2 Å². The number of likely N-dealkylation sites (N-methyl/N-ethyl adjacent to an activating group) is 1. The molecule has 1 amide bonds. The first kappa shape index (κ1) is 26.0. The van der Waals surface area contributed by atoms with Crippen LogP contribution >= 0.6 is 27.7 Å². The van der Waals surface area contributed by atoms with E-state index in [1.54, 1.807) is 17.0 Å². The Bertz CT molecular complexity index is 1310. The van der Waals surface area contributed by atoms with Crippen molar-refractivity contribution < 1.29 is 18.7 Å². The minimum absolute atomic E-state index is 0.132. The zero-order chi connectivity index (χ0) is 25.7. The molecule has 1 fully saturated rings. The number of aryl methyl sites for hydroxylation is 1. The number of ether oxygens (including phenoxy) is 2. The molecule has 3 aromatic carbocycles. The maximum absolute atomic E-state index is 13.3. The summed E-state index contributed by atoms with van der Waals surface area (Å²) in [5, 5.41) is 0.555. The Morgan fingerprint density at radius 2 is 1.72 bits per heavy atom. The van der Waals surface area contributed by atoms with Crippen molar-refractivity contribution in [3.05, 3.63) is 92.5 Å². The van der Waals surface area contributed by atoms with Crippen LogP contribution in [0.3, 0.4) is 0 Å². The Labute approximate surface area is 223 Å². The van der Waals surface area contributed by atoms with Crippen molar-refractivity contribution in [2.45, 2.75) is 27.4 Å². The molecular weight excluding hydrogens is 543 g/mol. The highest BCUT2D eigenvalue weighted by molar-refractivity contribution is 9.10. The molecule has 1 aliphatic heterocycles. The monoisotopic (exact) mass is 568 g/mol. The van der Waals surface area contributed by atoms with Crippen molar-refractivity contribution in [1.29, 1.82) is 0 Å². The van der Waals surface area contributed by atoms with Gasteiger partial charge in [0.25, 0.3) is 5.91 Å². The fourth-order valence-corrected chi connectivity index (χ4v) is 5.02. The number of carbonyl (C=O) groups is 1. The molecule has 4 rings (SSSR count). The molecule has 3 aromatic rings. The maximum Gasteiger partial charge on any atom is 0.266 e. The molecule has 0 saturated carbocycles. The van der Waals surface area contributed by atoms with Crippen LogP contribution in [0.5, 0.6) is 11.5 Å². The van der Waals surface area contributed by atoms with Gasteiger partial charge in [-0.15, -0.1) is 0 Å². The first-order valence-corrected chi connectivity index (χ1v) is 13.2. The number of rotatable bonds is 8. The van der Waals surface area contributed by atoms with Crippen LogP contribution in [0.1, 0.15) is 30.5 Å². The van der Waals surface area contributed by atoms with Gasteiger partial charge in [-0.05, 0) is 86.1 Å². The largest absolute Gasteiger partial charge is 0.490 e. The van der Waals surface area contributed by atoms with E-state index in [-0.39, 0.29) is 11.7 Å². The van der Waals surface area contributed by atoms with Gasteiger partial charge < -0.3 is 9.47 Å². The molecule has 36 heavy (non-hydrogen) atoms. The van der Waals surface area contributed by atoms with Crippen molar-refractivity contribution in [2.24, 2.45) is 4.99 Å². The Hall–Kier alpha value is -3.10. The average Bonchev–Trinajstić information content (AvgIpc) is 3.16. The molecule has 0 atom stereocenters. The topological polar surface area (TPSA) is 51.1 Å². The Morgan fingerprint density at radius 1 is 1.03 bits per heavy atom. The summed E-state index contributed by atoms with van der Waals surface area (Å²) in [6.07, 6.45) is 1.82. The predicted molar refractivity (Wildman–Crippen MR) is 147 cm³/mol. The van der Waals surface area contributed by atoms with Crippen LogP contribution in [-0.4, -0.2) is 29.1 Å². The third-order valence-corrected chi connectivity index (χ3v) is 7.11. The van der Waals surface area contributed by atoms with Gasteiger partial charge in [-0.3, -0.25) is 9.69 Å². The number of benzene rings is 3. The lowest BCUT2D eigenvalue weighted by atomic mass is 10.1. The third-order valence-electron chi connectivity index (χ3n) is 5.42. The number of nitrogens with zero attached hydrogens (tertiary/aromatic N) is 2. The van der Waals surface area contributed by atoms with Crippen molar-refractivity contribution in [3.8, 4) is 11.5 Å². The van der Waals surface area contributed by atoms with Crippen LogP contribution in [0, 0.1) is 12.7 Å². The highest BCUT2D eigenvalue weighted by atomic mass is 79.9. The van der Waals surface area contributed by atoms with Crippen molar-refractivity contribution in [3.63, 3.8) is 0 Å². The van der Waals surface area contributed by atoms with E-state index >= 15 is 0 Å². The Morgan fingerprint density at radius 3 is 2.39 bits per heavy atom. The molecule has 8 heteroatoms. The molecular formula is C28H26BrFN2O3S. The minimum atomic E-state index is -0.330. The molecule has 1 heterocycles. The summed E-state index contributed by atoms with van der Waals surface area (Å²) in [4.78, 5) is 19.8. The van der Waals surface area contributed by atoms with Crippen LogP contribution in [0.25, 0.3) is 6.08 Å². The number of amidine groups is 1. The van der Waals surface area contributed by atoms with Gasteiger partial charge in [0.15, 0.2) is 16.7 Å². The highest BCUT2D eigenvalue weighted by Crippen LogP contribution is 2.39. The molecule has 1 aliphatic rings. The number of hydrogen-bond acceptors (Lipinski definition) is 5. The second-order valence-corrected chi connectivity index (χ2v) is 9.92. The molecule has 186 valence electrons. The van der Waals surface area contributed by atoms with E-state index in [9.17, 15) is 9.18 Å². The molecule has 0 aliphatic carbocycles. The van der Waals surface area contributed by atoms with Gasteiger partial charge >= 0.3 is 0 Å². The summed E-state index contributed by atoms with van der Waals surface area (Å²) in [6, 6.07) is 17.8. The average molecular weight is 569 g/mol. The molecule has 0 radical (unpaired) electrons. The molecule has 1 saturated heterocycles. The fourth-order valence-electron chi connectivity index (χ4n) is 3.53. The van der Waals surface area contributed by atoms with E-state index in [0.29, 0.717) is 47.0 Å². The first-order chi connectivity index (χ1) is 17.4. The van der Waals surface area contributed by atoms with Crippen molar-refractivity contribution >= 4 is 50.5 Å². The second-order valence-electron chi connectivity index (χ2n) is 8.06. The summed E-state index contributed by atoms with van der Waals surface area (Å²) >= 11 is 4.91. The number of aliphatic imine (C=N–C) groups is 1. The van der Waals surface area contributed by atoms with Crippen LogP contribution in [0.2, 0.25) is 0 Å². The van der Waals surface area contributed by atoms with Crippen LogP contribution in [-0.2, 0) is 11.4 Å². The lowest BCUT2D eigenvalue weighted by Gasteiger charge is -2.14. The summed E-state index contributed by atoms with van der Waals surface area (Å²) in [5.74, 6) is 0.754. The minimum Gasteiger partial charge on any atom is -0.490 e. The lowest BCUT2D eigenvalue weighted by molar-refractivity contribution is -0.122. The SMILES string of the molecule is CCOc1cc(/C=C2/SC(=Nc3ccc(F)cc3)N(CC)C2=O)c(Br)cc1OCc1ccc(C)cc1. The fraction of sp³-hybridized carbons (Fsp3) is 0.214. The van der Waals surface area contributed by atoms with Gasteiger partial charge in [0.2, 0.25) is 0 Å². The number of thioether (sulfide) groups is 1. The van der Waals surface area contributed by atoms with Gasteiger partial charge in [-0.2, -0.15) is 0 Å². The standard InChI is InChI=1S/C28H26BrFN2O3S/c1-4-32-27(33)26(36-28(32)31-22-12-10-21(30)11-13-22)15-20-14-24(34-5-2)25(16-23(20)29)35-17-19-8-6-18(3)7-9-19/h6-16H,4-5,17H2,1-3H3/b26-15+,31-28?. The van der Waals surface area contributed by atoms with Gasteiger partial charge in [-0.1, -0.05) is 45.8 Å². The van der Waals surface area contributed by atoms with Crippen LogP contribution in [0.15, 0.2) is 75.0 Å².